The highest BCUT2D eigenvalue weighted by Gasteiger charge is 2.32. The van der Waals surface area contributed by atoms with Crippen LogP contribution < -0.4 is 0 Å². The van der Waals surface area contributed by atoms with Crippen LogP contribution in [0.25, 0.3) is 11.5 Å². The van der Waals surface area contributed by atoms with Crippen LogP contribution in [0.2, 0.25) is 0 Å². The smallest absolute Gasteiger partial charge is 0.323 e. The summed E-state index contributed by atoms with van der Waals surface area (Å²) in [4.78, 5) is 17.2. The van der Waals surface area contributed by atoms with Crippen LogP contribution in [0.3, 0.4) is 0 Å². The molecule has 0 spiro atoms. The Morgan fingerprint density at radius 1 is 1.33 bits per heavy atom. The lowest BCUT2D eigenvalue weighted by Gasteiger charge is -2.30. The van der Waals surface area contributed by atoms with Gasteiger partial charge in [-0.3, -0.25) is 9.69 Å². The molecule has 0 aliphatic rings. The van der Waals surface area contributed by atoms with Gasteiger partial charge in [0.05, 0.1) is 6.54 Å². The molecule has 1 aromatic carbocycles. The molecule has 112 valence electrons. The number of rotatable bonds is 5. The Kier molecular flexibility index (Phi) is 4.09. The van der Waals surface area contributed by atoms with Gasteiger partial charge in [-0.25, -0.2) is 0 Å². The van der Waals surface area contributed by atoms with Crippen LogP contribution in [0.1, 0.15) is 25.2 Å². The highest BCUT2D eigenvalue weighted by Crippen LogP contribution is 2.19. The fourth-order valence-electron chi connectivity index (χ4n) is 1.70. The highest BCUT2D eigenvalue weighted by atomic mass is 16.5. The minimum Gasteiger partial charge on any atom is -0.480 e. The number of aryl methyl sites for hydroxylation is 1. The first kappa shape index (κ1) is 15.2. The van der Waals surface area contributed by atoms with Gasteiger partial charge in [0.1, 0.15) is 5.54 Å². The highest BCUT2D eigenvalue weighted by molar-refractivity contribution is 5.77. The number of carbonyl (C=O) groups is 1. The Morgan fingerprint density at radius 2 is 1.95 bits per heavy atom. The molecule has 0 saturated heterocycles. The monoisotopic (exact) mass is 289 g/mol. The molecule has 6 nitrogen and oxygen atoms in total. The molecule has 0 fully saturated rings. The maximum Gasteiger partial charge on any atom is 0.323 e. The van der Waals surface area contributed by atoms with E-state index in [0.717, 1.165) is 11.1 Å². The van der Waals surface area contributed by atoms with Crippen molar-refractivity contribution in [2.75, 3.05) is 7.05 Å². The number of benzene rings is 1. The summed E-state index contributed by atoms with van der Waals surface area (Å²) in [6.45, 7) is 5.58. The van der Waals surface area contributed by atoms with Gasteiger partial charge in [-0.2, -0.15) is 4.98 Å². The van der Waals surface area contributed by atoms with Crippen molar-refractivity contribution < 1.29 is 14.4 Å². The predicted molar refractivity (Wildman–Crippen MR) is 77.7 cm³/mol. The van der Waals surface area contributed by atoms with Gasteiger partial charge in [0.15, 0.2) is 5.82 Å². The number of nitrogens with zero attached hydrogens (tertiary/aromatic N) is 3. The first-order chi connectivity index (χ1) is 9.80. The summed E-state index contributed by atoms with van der Waals surface area (Å²) < 4.78 is 5.23. The van der Waals surface area contributed by atoms with E-state index in [1.165, 1.54) is 0 Å². The van der Waals surface area contributed by atoms with Crippen LogP contribution >= 0.6 is 0 Å². The third-order valence-electron chi connectivity index (χ3n) is 3.62. The molecule has 0 amide bonds. The summed E-state index contributed by atoms with van der Waals surface area (Å²) >= 11 is 0. The van der Waals surface area contributed by atoms with Crippen molar-refractivity contribution >= 4 is 5.97 Å². The quantitative estimate of drug-likeness (QED) is 0.910. The van der Waals surface area contributed by atoms with E-state index < -0.39 is 11.5 Å². The zero-order valence-electron chi connectivity index (χ0n) is 12.6. The Labute approximate surface area is 123 Å². The van der Waals surface area contributed by atoms with Gasteiger partial charge in [-0.05, 0) is 40.0 Å². The first-order valence-electron chi connectivity index (χ1n) is 6.65. The summed E-state index contributed by atoms with van der Waals surface area (Å²) in [6.07, 6.45) is 0. The van der Waals surface area contributed by atoms with E-state index in [9.17, 15) is 9.90 Å². The predicted octanol–water partition coefficient (Wildman–Crippen LogP) is 2.34. The SMILES string of the molecule is Cc1ccc(-c2nc(CN(C)C(C)(C)C(=O)O)no2)cc1. The first-order valence-corrected chi connectivity index (χ1v) is 6.65. The number of aromatic nitrogens is 2. The lowest BCUT2D eigenvalue weighted by molar-refractivity contribution is -0.148. The zero-order valence-corrected chi connectivity index (χ0v) is 12.6. The van der Waals surface area contributed by atoms with E-state index in [1.54, 1.807) is 25.8 Å². The summed E-state index contributed by atoms with van der Waals surface area (Å²) in [5.74, 6) is 0.00110. The molecule has 2 aromatic rings. The minimum absolute atomic E-state index is 0.300. The van der Waals surface area contributed by atoms with E-state index >= 15 is 0 Å². The number of hydrogen-bond donors (Lipinski definition) is 1. The van der Waals surface area contributed by atoms with Crippen LogP contribution in [0.4, 0.5) is 0 Å². The molecule has 1 aromatic heterocycles. The summed E-state index contributed by atoms with van der Waals surface area (Å²) in [5, 5.41) is 13.1. The average molecular weight is 289 g/mol. The molecule has 21 heavy (non-hydrogen) atoms. The zero-order chi connectivity index (χ0) is 15.6. The number of likely N-dealkylation sites (N-methyl/N-ethyl adjacent to an activating group) is 1. The summed E-state index contributed by atoms with van der Waals surface area (Å²) in [7, 11) is 1.72. The fourth-order valence-corrected chi connectivity index (χ4v) is 1.70. The molecule has 0 atom stereocenters. The lowest BCUT2D eigenvalue weighted by Crippen LogP contribution is -2.47. The molecule has 0 unspecified atom stereocenters. The van der Waals surface area contributed by atoms with Crippen LogP contribution in [0.5, 0.6) is 0 Å². The minimum atomic E-state index is -0.995. The topological polar surface area (TPSA) is 79.5 Å². The van der Waals surface area contributed by atoms with Gasteiger partial charge in [-0.15, -0.1) is 0 Å². The maximum atomic E-state index is 11.2. The molecule has 0 aliphatic carbocycles. The lowest BCUT2D eigenvalue weighted by atomic mass is 10.0. The third-order valence-corrected chi connectivity index (χ3v) is 3.62. The molecular weight excluding hydrogens is 270 g/mol. The van der Waals surface area contributed by atoms with Crippen molar-refractivity contribution in [2.24, 2.45) is 0 Å². The van der Waals surface area contributed by atoms with Gasteiger partial charge >= 0.3 is 5.97 Å². The molecule has 0 bridgehead atoms. The third kappa shape index (κ3) is 3.28. The molecule has 6 heteroatoms. The molecule has 1 heterocycles. The molecule has 0 aliphatic heterocycles. The van der Waals surface area contributed by atoms with E-state index in [-0.39, 0.29) is 0 Å². The standard InChI is InChI=1S/C15H19N3O3/c1-10-5-7-11(8-6-10)13-16-12(17-21-13)9-18(4)15(2,3)14(19)20/h5-8H,9H2,1-4H3,(H,19,20). The van der Waals surface area contributed by atoms with Crippen molar-refractivity contribution in [3.63, 3.8) is 0 Å². The van der Waals surface area contributed by atoms with Crippen molar-refractivity contribution in [3.05, 3.63) is 35.7 Å². The van der Waals surface area contributed by atoms with Gasteiger partial charge in [0.2, 0.25) is 0 Å². The van der Waals surface area contributed by atoms with Gasteiger partial charge in [-0.1, -0.05) is 22.9 Å². The molecule has 0 saturated carbocycles. The number of carboxylic acid groups (broad SMARTS) is 1. The molecular formula is C15H19N3O3. The van der Waals surface area contributed by atoms with Crippen LogP contribution in [-0.2, 0) is 11.3 Å². The van der Waals surface area contributed by atoms with Crippen molar-refractivity contribution in [1.82, 2.24) is 15.0 Å². The van der Waals surface area contributed by atoms with Crippen LogP contribution in [0.15, 0.2) is 28.8 Å². The van der Waals surface area contributed by atoms with E-state index in [4.69, 9.17) is 4.52 Å². The number of hydrogen-bond acceptors (Lipinski definition) is 5. The van der Waals surface area contributed by atoms with Crippen molar-refractivity contribution in [2.45, 2.75) is 32.9 Å². The van der Waals surface area contributed by atoms with E-state index in [1.807, 2.05) is 31.2 Å². The van der Waals surface area contributed by atoms with Crippen molar-refractivity contribution in [1.29, 1.82) is 0 Å². The largest absolute Gasteiger partial charge is 0.480 e. The Hall–Kier alpha value is -2.21. The summed E-state index contributed by atoms with van der Waals surface area (Å²) in [6, 6.07) is 7.77. The molecule has 0 radical (unpaired) electrons. The second-order valence-corrected chi connectivity index (χ2v) is 5.60. The maximum absolute atomic E-state index is 11.2. The normalized spacial score (nSPS) is 11.9. The van der Waals surface area contributed by atoms with E-state index in [2.05, 4.69) is 10.1 Å². The van der Waals surface area contributed by atoms with Gasteiger partial charge < -0.3 is 9.63 Å². The van der Waals surface area contributed by atoms with Gasteiger partial charge in [0.25, 0.3) is 5.89 Å². The fraction of sp³-hybridized carbons (Fsp3) is 0.400. The average Bonchev–Trinajstić information content (AvgIpc) is 2.87. The van der Waals surface area contributed by atoms with Crippen LogP contribution in [0, 0.1) is 6.92 Å². The second kappa shape index (κ2) is 5.65. The molecule has 1 N–H and O–H groups in total. The van der Waals surface area contributed by atoms with Crippen LogP contribution in [-0.4, -0.2) is 38.7 Å². The number of carboxylic acids is 1. The Bertz CT molecular complexity index is 632. The second-order valence-electron chi connectivity index (χ2n) is 5.60. The Balaban J connectivity index is 2.14. The number of aliphatic carboxylic acids is 1. The van der Waals surface area contributed by atoms with E-state index in [0.29, 0.717) is 18.3 Å². The summed E-state index contributed by atoms with van der Waals surface area (Å²) in [5.41, 5.74) is 1.01. The van der Waals surface area contributed by atoms with Crippen molar-refractivity contribution in [3.8, 4) is 11.5 Å². The van der Waals surface area contributed by atoms with Gasteiger partial charge in [0, 0.05) is 5.56 Å². The molecule has 2 rings (SSSR count). The Morgan fingerprint density at radius 3 is 2.52 bits per heavy atom.